The summed E-state index contributed by atoms with van der Waals surface area (Å²) in [5.74, 6) is 0.168. The quantitative estimate of drug-likeness (QED) is 0.125. The largest absolute Gasteiger partial charge is 0.416 e. The number of anilines is 1. The summed E-state index contributed by atoms with van der Waals surface area (Å²) in [6.07, 6.45) is 8.05. The number of nitrogens with zero attached hydrogens (tertiary/aromatic N) is 6. The van der Waals surface area contributed by atoms with Gasteiger partial charge in [-0.3, -0.25) is 24.2 Å². The molecule has 4 heterocycles. The van der Waals surface area contributed by atoms with E-state index in [-0.39, 0.29) is 65.4 Å². The van der Waals surface area contributed by atoms with Gasteiger partial charge in [0.15, 0.2) is 0 Å². The molecular formula is C48H66F3N9O6. The van der Waals surface area contributed by atoms with Gasteiger partial charge < -0.3 is 40.1 Å². The van der Waals surface area contributed by atoms with E-state index in [1.54, 1.807) is 24.3 Å². The first kappa shape index (κ1) is 49.0. The third-order valence-corrected chi connectivity index (χ3v) is 14.3. The number of nitrogens with one attached hydrogen (secondary N) is 3. The number of ether oxygens (including phenoxy) is 2. The number of hydrogen-bond acceptors (Lipinski definition) is 11. The van der Waals surface area contributed by atoms with Crippen molar-refractivity contribution in [3.05, 3.63) is 60.2 Å². The fraction of sp³-hybridized carbons (Fsp3) is 0.646. The minimum Gasteiger partial charge on any atom is -0.381 e. The molecule has 18 heteroatoms. The molecule has 7 rings (SSSR count). The van der Waals surface area contributed by atoms with Crippen molar-refractivity contribution in [1.82, 2.24) is 40.3 Å². The fourth-order valence-corrected chi connectivity index (χ4v) is 10.3. The molecule has 2 saturated heterocycles. The number of alkyl halides is 3. The summed E-state index contributed by atoms with van der Waals surface area (Å²) in [5, 5.41) is 9.57. The van der Waals surface area contributed by atoms with Crippen LogP contribution in [0.1, 0.15) is 102 Å². The number of halogens is 3. The molecule has 4 aliphatic rings. The van der Waals surface area contributed by atoms with Gasteiger partial charge in [0.1, 0.15) is 18.2 Å². The van der Waals surface area contributed by atoms with Crippen LogP contribution in [0.15, 0.2) is 49.1 Å². The van der Waals surface area contributed by atoms with Gasteiger partial charge in [-0.25, -0.2) is 9.97 Å². The third-order valence-electron chi connectivity index (χ3n) is 14.3. The summed E-state index contributed by atoms with van der Waals surface area (Å²) in [5.41, 5.74) is 0.376. The predicted octanol–water partition coefficient (Wildman–Crippen LogP) is 5.76. The van der Waals surface area contributed by atoms with Crippen LogP contribution in [0.3, 0.4) is 0 Å². The minimum absolute atomic E-state index is 0.0575. The zero-order valence-corrected chi connectivity index (χ0v) is 38.6. The smallest absolute Gasteiger partial charge is 0.381 e. The number of rotatable bonds is 19. The van der Waals surface area contributed by atoms with Crippen molar-refractivity contribution in [3.63, 3.8) is 0 Å². The maximum atomic E-state index is 14.0. The minimum atomic E-state index is -4.54. The molecule has 66 heavy (non-hydrogen) atoms. The number of benzene rings is 1. The first-order valence-electron chi connectivity index (χ1n) is 23.7. The molecule has 0 unspecified atom stereocenters. The summed E-state index contributed by atoms with van der Waals surface area (Å²) in [6.45, 7) is 7.29. The number of carbonyl (C=O) groups is 4. The monoisotopic (exact) mass is 922 g/mol. The molecule has 3 aromatic rings. The van der Waals surface area contributed by atoms with E-state index >= 15 is 0 Å². The Morgan fingerprint density at radius 2 is 1.71 bits per heavy atom. The van der Waals surface area contributed by atoms with Crippen LogP contribution in [0.5, 0.6) is 0 Å². The lowest BCUT2D eigenvalue weighted by molar-refractivity contribution is -0.137. The molecule has 1 aromatic carbocycles. The van der Waals surface area contributed by atoms with Gasteiger partial charge in [-0.1, -0.05) is 6.07 Å². The van der Waals surface area contributed by atoms with Crippen molar-refractivity contribution >= 4 is 40.3 Å². The number of amides is 4. The fourth-order valence-electron chi connectivity index (χ4n) is 10.3. The average molecular weight is 922 g/mol. The predicted molar refractivity (Wildman–Crippen MR) is 242 cm³/mol. The van der Waals surface area contributed by atoms with Crippen molar-refractivity contribution in [2.75, 3.05) is 58.9 Å². The SMILES string of the molecule is CC(C)N(C)[C@@H]1CC[C@H](N2CC[C@H](Nc3ncnc4ccc(C(F)(F)F)cc34)C2=O)[C@H](NC(=O)CCCOC[C@H]2CC[C@H](COCCNC(=O)[C@H]3CC(=O)N(C)[C@@H]3c3cccnc3)CC2)C1. The van der Waals surface area contributed by atoms with Gasteiger partial charge in [0.25, 0.3) is 0 Å². The Kier molecular flexibility index (Phi) is 16.5. The maximum Gasteiger partial charge on any atom is 0.416 e. The first-order chi connectivity index (χ1) is 31.7. The number of hydrogen-bond donors (Lipinski definition) is 3. The van der Waals surface area contributed by atoms with Crippen LogP contribution in [-0.4, -0.2) is 137 Å². The van der Waals surface area contributed by atoms with Crippen molar-refractivity contribution < 1.29 is 41.8 Å². The molecule has 0 spiro atoms. The van der Waals surface area contributed by atoms with Gasteiger partial charge in [0.05, 0.1) is 41.7 Å². The van der Waals surface area contributed by atoms with Crippen molar-refractivity contribution in [2.45, 2.75) is 127 Å². The van der Waals surface area contributed by atoms with Crippen molar-refractivity contribution in [1.29, 1.82) is 0 Å². The highest BCUT2D eigenvalue weighted by Crippen LogP contribution is 2.38. The second kappa shape index (κ2) is 22.2. The average Bonchev–Trinajstić information content (AvgIpc) is 3.82. The number of carbonyl (C=O) groups excluding carboxylic acids is 4. The zero-order chi connectivity index (χ0) is 47.0. The molecule has 15 nitrogen and oxygen atoms in total. The highest BCUT2D eigenvalue weighted by Gasteiger charge is 2.44. The van der Waals surface area contributed by atoms with E-state index in [9.17, 15) is 32.3 Å². The third kappa shape index (κ3) is 12.1. The molecule has 0 radical (unpaired) electrons. The molecule has 3 N–H and O–H groups in total. The summed E-state index contributed by atoms with van der Waals surface area (Å²) >= 11 is 0. The Bertz CT molecular complexity index is 2120. The zero-order valence-electron chi connectivity index (χ0n) is 38.6. The van der Waals surface area contributed by atoms with Gasteiger partial charge in [-0.15, -0.1) is 0 Å². The molecule has 2 saturated carbocycles. The summed E-state index contributed by atoms with van der Waals surface area (Å²) in [7, 11) is 3.82. The summed E-state index contributed by atoms with van der Waals surface area (Å²) < 4.78 is 52.7. The molecule has 360 valence electrons. The van der Waals surface area contributed by atoms with Crippen LogP contribution in [-0.2, 0) is 34.8 Å². The molecule has 4 amide bonds. The van der Waals surface area contributed by atoms with Crippen LogP contribution in [0.4, 0.5) is 19.0 Å². The van der Waals surface area contributed by atoms with Gasteiger partial charge in [0, 0.05) is 82.7 Å². The van der Waals surface area contributed by atoms with E-state index in [1.807, 2.05) is 17.0 Å². The van der Waals surface area contributed by atoms with E-state index in [1.165, 1.54) is 12.4 Å². The second-order valence-corrected chi connectivity index (χ2v) is 18.9. The molecule has 0 bridgehead atoms. The van der Waals surface area contributed by atoms with Crippen LogP contribution < -0.4 is 16.0 Å². The lowest BCUT2D eigenvalue weighted by Crippen LogP contribution is -2.58. The Labute approximate surface area is 385 Å². The summed E-state index contributed by atoms with van der Waals surface area (Å²) in [4.78, 5) is 71.2. The van der Waals surface area contributed by atoms with Crippen molar-refractivity contribution in [2.24, 2.45) is 17.8 Å². The number of pyridine rings is 1. The van der Waals surface area contributed by atoms with Crippen molar-refractivity contribution in [3.8, 4) is 0 Å². The van der Waals surface area contributed by atoms with E-state index in [2.05, 4.69) is 56.7 Å². The molecule has 4 fully saturated rings. The molecule has 2 aliphatic heterocycles. The number of likely N-dealkylation sites (tertiary alicyclic amines) is 2. The Morgan fingerprint density at radius 3 is 2.41 bits per heavy atom. The van der Waals surface area contributed by atoms with Crippen LogP contribution >= 0.6 is 0 Å². The van der Waals surface area contributed by atoms with Gasteiger partial charge in [-0.2, -0.15) is 13.2 Å². The normalized spacial score (nSPS) is 26.1. The Morgan fingerprint density at radius 1 is 0.970 bits per heavy atom. The molecule has 6 atom stereocenters. The highest BCUT2D eigenvalue weighted by molar-refractivity contribution is 5.93. The summed E-state index contributed by atoms with van der Waals surface area (Å²) in [6, 6.07) is 6.06. The van der Waals surface area contributed by atoms with Gasteiger partial charge in [0.2, 0.25) is 23.6 Å². The van der Waals surface area contributed by atoms with Gasteiger partial charge >= 0.3 is 6.18 Å². The van der Waals surface area contributed by atoms with Gasteiger partial charge in [-0.05, 0) is 120 Å². The van der Waals surface area contributed by atoms with Crippen LogP contribution in [0, 0.1) is 17.8 Å². The molecular weight excluding hydrogens is 856 g/mol. The van der Waals surface area contributed by atoms with Crippen LogP contribution in [0.25, 0.3) is 10.9 Å². The van der Waals surface area contributed by atoms with Crippen LogP contribution in [0.2, 0.25) is 0 Å². The highest BCUT2D eigenvalue weighted by atomic mass is 19.4. The van der Waals surface area contributed by atoms with E-state index in [0.29, 0.717) is 95.0 Å². The standard InChI is InChI=1S/C48H66F3N9O6/c1-30(2)58(3)35-14-16-41(60-20-17-39(47(60)64)57-45-36-23-34(48(49,50)51)13-15-38(36)54-29-55-45)40(24-35)56-42(61)8-6-21-65-27-31-9-11-32(12-10-31)28-66-22-19-53-46(63)37-25-43(62)59(4)44(37)33-7-5-18-52-26-33/h5,7,13,15,18,23,26,29-32,35,37,39-41,44H,6,8-12,14,16-17,19-22,24-25,27-28H2,1-4H3,(H,53,63)(H,56,61)(H,54,55,57)/t31-,32-,35-,37+,39+,40-,41+,44-/m1/s1. The van der Waals surface area contributed by atoms with E-state index in [4.69, 9.17) is 9.47 Å². The lowest BCUT2D eigenvalue weighted by Gasteiger charge is -2.44. The second-order valence-electron chi connectivity index (χ2n) is 18.9. The molecule has 2 aliphatic carbocycles. The van der Waals surface area contributed by atoms with E-state index in [0.717, 1.165) is 49.8 Å². The number of aromatic nitrogens is 3. The Balaban J connectivity index is 0.806. The topological polar surface area (TPSA) is 171 Å². The number of fused-ring (bicyclic) bond motifs is 1. The van der Waals surface area contributed by atoms with E-state index < -0.39 is 23.7 Å². The first-order valence-corrected chi connectivity index (χ1v) is 23.7. The Hall–Kier alpha value is -4.94. The lowest BCUT2D eigenvalue weighted by atomic mass is 9.83. The molecule has 2 aromatic heterocycles. The maximum absolute atomic E-state index is 14.0.